The van der Waals surface area contributed by atoms with Gasteiger partial charge in [-0.1, -0.05) is 41.9 Å². The van der Waals surface area contributed by atoms with Gasteiger partial charge in [0.1, 0.15) is 5.02 Å². The SMILES string of the molecule is O=c1[nH]ncc(NCCCc2ccccc2)c1Cl. The van der Waals surface area contributed by atoms with Crippen molar-refractivity contribution in [2.45, 2.75) is 12.8 Å². The van der Waals surface area contributed by atoms with E-state index in [0.29, 0.717) is 5.69 Å². The Kier molecular flexibility index (Phi) is 4.36. The van der Waals surface area contributed by atoms with Crippen molar-refractivity contribution in [2.24, 2.45) is 0 Å². The van der Waals surface area contributed by atoms with Crippen LogP contribution in [0, 0.1) is 0 Å². The molecular weight excluding hydrogens is 250 g/mol. The third-order valence-electron chi connectivity index (χ3n) is 2.60. The molecule has 94 valence electrons. The lowest BCUT2D eigenvalue weighted by Gasteiger charge is -2.06. The molecule has 1 heterocycles. The molecule has 0 spiro atoms. The van der Waals surface area contributed by atoms with E-state index in [0.717, 1.165) is 19.4 Å². The van der Waals surface area contributed by atoms with Crippen molar-refractivity contribution in [1.82, 2.24) is 10.2 Å². The summed E-state index contributed by atoms with van der Waals surface area (Å²) in [6.45, 7) is 0.750. The Morgan fingerprint density at radius 2 is 2.06 bits per heavy atom. The number of aryl methyl sites for hydroxylation is 1. The average Bonchev–Trinajstić information content (AvgIpc) is 2.40. The van der Waals surface area contributed by atoms with Gasteiger partial charge < -0.3 is 5.32 Å². The van der Waals surface area contributed by atoms with Gasteiger partial charge in [0.05, 0.1) is 11.9 Å². The monoisotopic (exact) mass is 263 g/mol. The number of anilines is 1. The van der Waals surface area contributed by atoms with E-state index in [2.05, 4.69) is 27.6 Å². The van der Waals surface area contributed by atoms with E-state index in [9.17, 15) is 4.79 Å². The van der Waals surface area contributed by atoms with Crippen LogP contribution < -0.4 is 10.9 Å². The van der Waals surface area contributed by atoms with Crippen LogP contribution in [0.5, 0.6) is 0 Å². The van der Waals surface area contributed by atoms with Crippen molar-refractivity contribution in [3.8, 4) is 0 Å². The molecule has 0 unspecified atom stereocenters. The molecule has 1 aromatic heterocycles. The zero-order chi connectivity index (χ0) is 12.8. The van der Waals surface area contributed by atoms with Crippen LogP contribution in [-0.4, -0.2) is 16.7 Å². The molecule has 0 saturated heterocycles. The summed E-state index contributed by atoms with van der Waals surface area (Å²) in [5, 5.41) is 9.24. The van der Waals surface area contributed by atoms with E-state index < -0.39 is 0 Å². The summed E-state index contributed by atoms with van der Waals surface area (Å²) in [6.07, 6.45) is 3.47. The quantitative estimate of drug-likeness (QED) is 0.815. The summed E-state index contributed by atoms with van der Waals surface area (Å²) in [5.41, 5.74) is 1.51. The second-order valence-electron chi connectivity index (χ2n) is 3.94. The van der Waals surface area contributed by atoms with Gasteiger partial charge in [-0.25, -0.2) is 5.10 Å². The van der Waals surface area contributed by atoms with Crippen LogP contribution in [0.1, 0.15) is 12.0 Å². The van der Waals surface area contributed by atoms with Crippen LogP contribution in [0.25, 0.3) is 0 Å². The average molecular weight is 264 g/mol. The molecule has 2 aromatic rings. The maximum absolute atomic E-state index is 11.2. The molecule has 0 aliphatic heterocycles. The van der Waals surface area contributed by atoms with Gasteiger partial charge >= 0.3 is 0 Å². The van der Waals surface area contributed by atoms with Crippen molar-refractivity contribution in [3.63, 3.8) is 0 Å². The lowest BCUT2D eigenvalue weighted by atomic mass is 10.1. The topological polar surface area (TPSA) is 57.8 Å². The van der Waals surface area contributed by atoms with Gasteiger partial charge in [-0.05, 0) is 18.4 Å². The van der Waals surface area contributed by atoms with Gasteiger partial charge in [0.2, 0.25) is 0 Å². The highest BCUT2D eigenvalue weighted by Gasteiger charge is 2.03. The first-order valence-electron chi connectivity index (χ1n) is 5.78. The molecule has 0 atom stereocenters. The Morgan fingerprint density at radius 3 is 2.83 bits per heavy atom. The molecule has 18 heavy (non-hydrogen) atoms. The number of hydrogen-bond donors (Lipinski definition) is 2. The first-order chi connectivity index (χ1) is 8.77. The normalized spacial score (nSPS) is 10.3. The molecular formula is C13H14ClN3O. The molecule has 1 aromatic carbocycles. The van der Waals surface area contributed by atoms with Crippen molar-refractivity contribution in [3.05, 3.63) is 57.5 Å². The number of aromatic nitrogens is 2. The number of benzene rings is 1. The molecule has 0 bridgehead atoms. The third-order valence-corrected chi connectivity index (χ3v) is 2.97. The molecule has 0 fully saturated rings. The predicted molar refractivity (Wildman–Crippen MR) is 73.1 cm³/mol. The zero-order valence-corrected chi connectivity index (χ0v) is 10.6. The van der Waals surface area contributed by atoms with Gasteiger partial charge in [-0.3, -0.25) is 4.79 Å². The largest absolute Gasteiger partial charge is 0.382 e. The number of H-pyrrole nitrogens is 1. The zero-order valence-electron chi connectivity index (χ0n) is 9.82. The van der Waals surface area contributed by atoms with Crippen LogP contribution in [0.4, 0.5) is 5.69 Å². The summed E-state index contributed by atoms with van der Waals surface area (Å²) in [6, 6.07) is 10.3. The third kappa shape index (κ3) is 3.34. The minimum absolute atomic E-state index is 0.157. The molecule has 0 aliphatic rings. The van der Waals surface area contributed by atoms with Gasteiger partial charge in [0.25, 0.3) is 5.56 Å². The number of nitrogens with one attached hydrogen (secondary N) is 2. The van der Waals surface area contributed by atoms with E-state index in [1.54, 1.807) is 0 Å². The Hall–Kier alpha value is -1.81. The Labute approximate surface area is 110 Å². The maximum atomic E-state index is 11.2. The van der Waals surface area contributed by atoms with Crippen molar-refractivity contribution >= 4 is 17.3 Å². The highest BCUT2D eigenvalue weighted by atomic mass is 35.5. The molecule has 0 amide bonds. The molecule has 4 nitrogen and oxygen atoms in total. The van der Waals surface area contributed by atoms with Gasteiger partial charge in [-0.15, -0.1) is 0 Å². The van der Waals surface area contributed by atoms with E-state index in [1.165, 1.54) is 11.8 Å². The number of aromatic amines is 1. The second-order valence-corrected chi connectivity index (χ2v) is 4.32. The molecule has 2 rings (SSSR count). The first-order valence-corrected chi connectivity index (χ1v) is 6.16. The molecule has 0 aliphatic carbocycles. The summed E-state index contributed by atoms with van der Waals surface area (Å²) in [7, 11) is 0. The summed E-state index contributed by atoms with van der Waals surface area (Å²) < 4.78 is 0. The number of rotatable bonds is 5. The fraction of sp³-hybridized carbons (Fsp3) is 0.231. The van der Waals surface area contributed by atoms with Crippen LogP contribution in [0.15, 0.2) is 41.3 Å². The lowest BCUT2D eigenvalue weighted by Crippen LogP contribution is -2.12. The van der Waals surface area contributed by atoms with Crippen LogP contribution in [0.3, 0.4) is 0 Å². The van der Waals surface area contributed by atoms with Crippen molar-refractivity contribution < 1.29 is 0 Å². The number of hydrogen-bond acceptors (Lipinski definition) is 3. The van der Waals surface area contributed by atoms with E-state index in [-0.39, 0.29) is 10.6 Å². The number of nitrogens with zero attached hydrogens (tertiary/aromatic N) is 1. The summed E-state index contributed by atoms with van der Waals surface area (Å²) in [4.78, 5) is 11.2. The van der Waals surface area contributed by atoms with E-state index in [4.69, 9.17) is 11.6 Å². The fourth-order valence-corrected chi connectivity index (χ4v) is 1.82. The minimum Gasteiger partial charge on any atom is -0.382 e. The van der Waals surface area contributed by atoms with Crippen molar-refractivity contribution in [2.75, 3.05) is 11.9 Å². The highest BCUT2D eigenvalue weighted by Crippen LogP contribution is 2.14. The summed E-state index contributed by atoms with van der Waals surface area (Å²) >= 11 is 5.84. The molecule has 5 heteroatoms. The molecule has 0 saturated carbocycles. The van der Waals surface area contributed by atoms with E-state index >= 15 is 0 Å². The standard InChI is InChI=1S/C13H14ClN3O/c14-12-11(9-16-17-13(12)18)15-8-4-7-10-5-2-1-3-6-10/h1-3,5-6,9H,4,7-8H2,(H2,15,17,18). The van der Waals surface area contributed by atoms with Gasteiger partial charge in [0.15, 0.2) is 0 Å². The highest BCUT2D eigenvalue weighted by molar-refractivity contribution is 6.32. The van der Waals surface area contributed by atoms with Crippen molar-refractivity contribution in [1.29, 1.82) is 0 Å². The maximum Gasteiger partial charge on any atom is 0.285 e. The second kappa shape index (κ2) is 6.21. The van der Waals surface area contributed by atoms with E-state index in [1.807, 2.05) is 18.2 Å². The molecule has 2 N–H and O–H groups in total. The summed E-state index contributed by atoms with van der Waals surface area (Å²) in [5.74, 6) is 0. The fourth-order valence-electron chi connectivity index (χ4n) is 1.67. The van der Waals surface area contributed by atoms with Crippen LogP contribution >= 0.6 is 11.6 Å². The minimum atomic E-state index is -0.371. The van der Waals surface area contributed by atoms with Gasteiger partial charge in [-0.2, -0.15) is 5.10 Å². The number of halogens is 1. The Morgan fingerprint density at radius 1 is 1.28 bits per heavy atom. The van der Waals surface area contributed by atoms with Crippen LogP contribution in [0.2, 0.25) is 5.02 Å². The van der Waals surface area contributed by atoms with Gasteiger partial charge in [0, 0.05) is 6.54 Å². The van der Waals surface area contributed by atoms with Crippen LogP contribution in [-0.2, 0) is 6.42 Å². The smallest absolute Gasteiger partial charge is 0.285 e. The molecule has 0 radical (unpaired) electrons. The Bertz CT molecular complexity index is 554. The first kappa shape index (κ1) is 12.6. The lowest BCUT2D eigenvalue weighted by molar-refractivity contribution is 0.859. The predicted octanol–water partition coefficient (Wildman–Crippen LogP) is 2.47. The Balaban J connectivity index is 1.82.